The number of aromatic nitrogens is 1. The minimum Gasteiger partial charge on any atom is -0.501 e. The van der Waals surface area contributed by atoms with E-state index in [1.807, 2.05) is 24.4 Å². The van der Waals surface area contributed by atoms with Gasteiger partial charge in [0.15, 0.2) is 0 Å². The molecule has 0 spiro atoms. The normalized spacial score (nSPS) is 29.4. The standard InChI is InChI=1S/C27H24NO.Ir/c1-2-7-25-21(4-1)22-5-3-6-23(27(22)29-25)24-15-18(8-9-28-24)26-19-11-16-10-17(13-19)14-20(26)12-16;/h1-5,7-9,15-17,19-20,26H,10-14H2;/q-1;. The van der Waals surface area contributed by atoms with E-state index in [1.165, 1.54) is 37.7 Å². The van der Waals surface area contributed by atoms with Gasteiger partial charge in [0, 0.05) is 31.7 Å². The number of hydrogen-bond donors (Lipinski definition) is 0. The molecule has 0 N–H and O–H groups in total. The molecule has 4 aliphatic carbocycles. The molecule has 153 valence electrons. The van der Waals surface area contributed by atoms with E-state index in [0.29, 0.717) is 0 Å². The summed E-state index contributed by atoms with van der Waals surface area (Å²) >= 11 is 0. The predicted octanol–water partition coefficient (Wildman–Crippen LogP) is 6.99. The van der Waals surface area contributed by atoms with E-state index in [2.05, 4.69) is 36.4 Å². The fraction of sp³-hybridized carbons (Fsp3) is 0.370. The summed E-state index contributed by atoms with van der Waals surface area (Å²) in [7, 11) is 0. The monoisotopic (exact) mass is 571 g/mol. The molecular formula is C27H24IrNO-. The summed E-state index contributed by atoms with van der Waals surface area (Å²) in [5.41, 5.74) is 5.32. The predicted molar refractivity (Wildman–Crippen MR) is 116 cm³/mol. The summed E-state index contributed by atoms with van der Waals surface area (Å²) in [6.07, 6.45) is 9.29. The van der Waals surface area contributed by atoms with Crippen LogP contribution >= 0.6 is 0 Å². The fourth-order valence-corrected chi connectivity index (χ4v) is 7.14. The molecule has 2 aromatic carbocycles. The topological polar surface area (TPSA) is 26.0 Å². The summed E-state index contributed by atoms with van der Waals surface area (Å²) in [5, 5.41) is 2.31. The van der Waals surface area contributed by atoms with Crippen molar-refractivity contribution >= 4 is 21.9 Å². The molecule has 3 heteroatoms. The number of pyridine rings is 1. The Kier molecular flexibility index (Phi) is 4.41. The van der Waals surface area contributed by atoms with Crippen LogP contribution in [-0.4, -0.2) is 4.98 Å². The zero-order valence-corrected chi connectivity index (χ0v) is 19.2. The molecule has 8 rings (SSSR count). The van der Waals surface area contributed by atoms with Crippen LogP contribution in [0.4, 0.5) is 0 Å². The summed E-state index contributed by atoms with van der Waals surface area (Å²) in [4.78, 5) is 4.75. The van der Waals surface area contributed by atoms with Crippen LogP contribution in [0.15, 0.2) is 59.1 Å². The molecule has 4 aromatic rings. The first kappa shape index (κ1) is 18.8. The van der Waals surface area contributed by atoms with Gasteiger partial charge in [0.1, 0.15) is 5.58 Å². The smallest absolute Gasteiger partial charge is 0.120 e. The number of para-hydroxylation sites is 1. The summed E-state index contributed by atoms with van der Waals surface area (Å²) in [6, 6.07) is 20.4. The van der Waals surface area contributed by atoms with Gasteiger partial charge in [0.05, 0.1) is 5.58 Å². The average molecular weight is 571 g/mol. The van der Waals surface area contributed by atoms with Gasteiger partial charge >= 0.3 is 0 Å². The summed E-state index contributed by atoms with van der Waals surface area (Å²) in [6.45, 7) is 0. The summed E-state index contributed by atoms with van der Waals surface area (Å²) in [5.74, 6) is 4.50. The number of nitrogens with zero attached hydrogens (tertiary/aromatic N) is 1. The Morgan fingerprint density at radius 1 is 0.867 bits per heavy atom. The molecule has 0 unspecified atom stereocenters. The Labute approximate surface area is 190 Å². The molecule has 4 saturated carbocycles. The third-order valence-electron chi connectivity index (χ3n) is 7.99. The summed E-state index contributed by atoms with van der Waals surface area (Å²) < 4.78 is 6.25. The maximum atomic E-state index is 6.25. The van der Waals surface area contributed by atoms with Crippen molar-refractivity contribution in [2.75, 3.05) is 0 Å². The average Bonchev–Trinajstić information content (AvgIpc) is 3.12. The second kappa shape index (κ2) is 7.04. The van der Waals surface area contributed by atoms with Gasteiger partial charge in [-0.15, -0.1) is 18.2 Å². The van der Waals surface area contributed by atoms with Crippen molar-refractivity contribution in [3.8, 4) is 11.3 Å². The van der Waals surface area contributed by atoms with E-state index in [1.54, 1.807) is 0 Å². The molecule has 30 heavy (non-hydrogen) atoms. The molecule has 4 bridgehead atoms. The van der Waals surface area contributed by atoms with Gasteiger partial charge in [-0.2, -0.15) is 0 Å². The van der Waals surface area contributed by atoms with E-state index in [9.17, 15) is 0 Å². The third kappa shape index (κ3) is 2.75. The molecule has 0 saturated heterocycles. The molecule has 2 aromatic heterocycles. The van der Waals surface area contributed by atoms with Gasteiger partial charge in [-0.3, -0.25) is 0 Å². The van der Waals surface area contributed by atoms with Crippen molar-refractivity contribution < 1.29 is 24.5 Å². The number of furan rings is 1. The first-order valence-corrected chi connectivity index (χ1v) is 11.1. The molecule has 2 nitrogen and oxygen atoms in total. The number of rotatable bonds is 2. The molecular weight excluding hydrogens is 547 g/mol. The van der Waals surface area contributed by atoms with Crippen molar-refractivity contribution in [1.29, 1.82) is 0 Å². The Morgan fingerprint density at radius 2 is 1.63 bits per heavy atom. The molecule has 0 atom stereocenters. The Balaban J connectivity index is 0.00000175. The van der Waals surface area contributed by atoms with Gasteiger partial charge in [-0.05, 0) is 85.1 Å². The largest absolute Gasteiger partial charge is 0.501 e. The van der Waals surface area contributed by atoms with E-state index in [4.69, 9.17) is 9.40 Å². The number of benzene rings is 2. The first-order chi connectivity index (χ1) is 14.3. The molecule has 1 radical (unpaired) electrons. The maximum Gasteiger partial charge on any atom is 0.120 e. The molecule has 4 aliphatic rings. The van der Waals surface area contributed by atoms with Crippen LogP contribution in [0.25, 0.3) is 33.2 Å². The van der Waals surface area contributed by atoms with E-state index < -0.39 is 0 Å². The quantitative estimate of drug-likeness (QED) is 0.243. The molecule has 0 amide bonds. The van der Waals surface area contributed by atoms with Gasteiger partial charge in [0.2, 0.25) is 0 Å². The van der Waals surface area contributed by atoms with Crippen LogP contribution in [0, 0.1) is 29.7 Å². The van der Waals surface area contributed by atoms with Crippen molar-refractivity contribution in [1.82, 2.24) is 4.98 Å². The number of hydrogen-bond acceptors (Lipinski definition) is 2. The van der Waals surface area contributed by atoms with Crippen molar-refractivity contribution in [3.63, 3.8) is 0 Å². The minimum absolute atomic E-state index is 0. The SMILES string of the molecule is [Ir].[c-]1ccc2c(oc3ccccc32)c1-c1cc(C2C3CC4CC(C3)CC2C4)ccn1. The van der Waals surface area contributed by atoms with Crippen LogP contribution < -0.4 is 0 Å². The second-order valence-electron chi connectivity index (χ2n) is 9.62. The Hall–Kier alpha value is -1.96. The maximum absolute atomic E-state index is 6.25. The second-order valence-corrected chi connectivity index (χ2v) is 9.62. The first-order valence-electron chi connectivity index (χ1n) is 11.1. The van der Waals surface area contributed by atoms with Gasteiger partial charge in [-0.1, -0.05) is 35.2 Å². The van der Waals surface area contributed by atoms with Gasteiger partial charge in [-0.25, -0.2) is 0 Å². The zero-order chi connectivity index (χ0) is 18.9. The minimum atomic E-state index is 0. The van der Waals surface area contributed by atoms with Crippen molar-refractivity contribution in [3.05, 3.63) is 66.4 Å². The van der Waals surface area contributed by atoms with E-state index in [-0.39, 0.29) is 20.1 Å². The van der Waals surface area contributed by atoms with Crippen molar-refractivity contribution in [2.45, 2.75) is 38.0 Å². The third-order valence-corrected chi connectivity index (χ3v) is 7.99. The molecule has 2 heterocycles. The Morgan fingerprint density at radius 3 is 2.43 bits per heavy atom. The van der Waals surface area contributed by atoms with E-state index >= 15 is 0 Å². The molecule has 0 aliphatic heterocycles. The van der Waals surface area contributed by atoms with Gasteiger partial charge < -0.3 is 9.40 Å². The molecule has 4 fully saturated rings. The van der Waals surface area contributed by atoms with Crippen LogP contribution in [0.1, 0.15) is 43.6 Å². The van der Waals surface area contributed by atoms with Crippen LogP contribution in [0.2, 0.25) is 0 Å². The zero-order valence-electron chi connectivity index (χ0n) is 16.8. The van der Waals surface area contributed by atoms with Crippen LogP contribution in [0.3, 0.4) is 0 Å². The van der Waals surface area contributed by atoms with E-state index in [0.717, 1.165) is 62.8 Å². The number of fused-ring (bicyclic) bond motifs is 3. The van der Waals surface area contributed by atoms with Crippen LogP contribution in [-0.2, 0) is 20.1 Å². The fourth-order valence-electron chi connectivity index (χ4n) is 7.14. The van der Waals surface area contributed by atoms with Gasteiger partial charge in [0.25, 0.3) is 0 Å². The Bertz CT molecular complexity index is 1210. The van der Waals surface area contributed by atoms with Crippen molar-refractivity contribution in [2.24, 2.45) is 23.7 Å². The van der Waals surface area contributed by atoms with Crippen LogP contribution in [0.5, 0.6) is 0 Å².